The Morgan fingerprint density at radius 1 is 1.09 bits per heavy atom. The van der Waals surface area contributed by atoms with Crippen LogP contribution in [-0.2, 0) is 30.4 Å². The molecule has 7 N–H and O–H groups in total. The summed E-state index contributed by atoms with van der Waals surface area (Å²) < 4.78 is 0. The quantitative estimate of drug-likeness (QED) is 0.182. The molecule has 1 aliphatic heterocycles. The van der Waals surface area contributed by atoms with Crippen molar-refractivity contribution in [2.24, 2.45) is 5.73 Å². The molecular formula is C21H28N4O8S. The van der Waals surface area contributed by atoms with Gasteiger partial charge in [-0.25, -0.2) is 4.79 Å². The summed E-state index contributed by atoms with van der Waals surface area (Å²) in [4.78, 5) is 62.2. The number of carboxylic acid groups (broad SMARTS) is 2. The molecule has 1 heterocycles. The normalized spacial score (nSPS) is 17.9. The minimum absolute atomic E-state index is 0.0121. The lowest BCUT2D eigenvalue weighted by Crippen LogP contribution is -2.57. The molecule has 3 amide bonds. The maximum atomic E-state index is 13.1. The number of rotatable bonds is 11. The number of carboxylic acids is 2. The summed E-state index contributed by atoms with van der Waals surface area (Å²) in [6.45, 7) is 0.136. The lowest BCUT2D eigenvalue weighted by Gasteiger charge is -2.29. The number of benzene rings is 1. The van der Waals surface area contributed by atoms with Gasteiger partial charge in [-0.15, -0.1) is 0 Å². The Labute approximate surface area is 200 Å². The number of hydrogen-bond acceptors (Lipinski definition) is 8. The van der Waals surface area contributed by atoms with E-state index in [1.54, 1.807) is 0 Å². The van der Waals surface area contributed by atoms with Crippen molar-refractivity contribution in [1.29, 1.82) is 0 Å². The minimum Gasteiger partial charge on any atom is -0.508 e. The number of nitrogens with one attached hydrogen (secondary N) is 2. The molecule has 0 aliphatic carbocycles. The predicted octanol–water partition coefficient (Wildman–Crippen LogP) is -1.29. The molecule has 1 aliphatic rings. The number of thiol groups is 1. The number of phenols is 1. The molecule has 1 aromatic carbocycles. The first kappa shape index (κ1) is 26.9. The van der Waals surface area contributed by atoms with E-state index >= 15 is 0 Å². The Bertz CT molecular complexity index is 926. The van der Waals surface area contributed by atoms with Gasteiger partial charge < -0.3 is 36.6 Å². The fourth-order valence-corrected chi connectivity index (χ4v) is 3.74. The smallest absolute Gasteiger partial charge is 0.326 e. The number of carbonyl (C=O) groups excluding carboxylic acids is 3. The van der Waals surface area contributed by atoms with Gasteiger partial charge in [-0.3, -0.25) is 19.2 Å². The Morgan fingerprint density at radius 3 is 2.29 bits per heavy atom. The summed E-state index contributed by atoms with van der Waals surface area (Å²) in [7, 11) is 0. The van der Waals surface area contributed by atoms with Gasteiger partial charge in [0.05, 0.1) is 12.5 Å². The van der Waals surface area contributed by atoms with Gasteiger partial charge in [-0.1, -0.05) is 12.1 Å². The SMILES string of the molecule is NC(CS)C(=O)NC(CC(=O)O)C(=O)N1CCCC1C(=O)NC(Cc1ccc(O)cc1)C(=O)O. The van der Waals surface area contributed by atoms with Gasteiger partial charge in [-0.05, 0) is 30.5 Å². The Balaban J connectivity index is 2.13. The molecule has 34 heavy (non-hydrogen) atoms. The highest BCUT2D eigenvalue weighted by Gasteiger charge is 2.39. The van der Waals surface area contributed by atoms with E-state index < -0.39 is 60.2 Å². The van der Waals surface area contributed by atoms with Crippen LogP contribution in [0.5, 0.6) is 5.75 Å². The van der Waals surface area contributed by atoms with E-state index in [1.807, 2.05) is 0 Å². The number of nitrogens with two attached hydrogens (primary N) is 1. The van der Waals surface area contributed by atoms with Gasteiger partial charge in [0.2, 0.25) is 17.7 Å². The van der Waals surface area contributed by atoms with Crippen LogP contribution in [0.1, 0.15) is 24.8 Å². The fourth-order valence-electron chi connectivity index (χ4n) is 3.58. The van der Waals surface area contributed by atoms with Crippen molar-refractivity contribution in [3.63, 3.8) is 0 Å². The van der Waals surface area contributed by atoms with Crippen LogP contribution < -0.4 is 16.4 Å². The molecule has 1 saturated heterocycles. The number of aromatic hydroxyl groups is 1. The van der Waals surface area contributed by atoms with E-state index in [2.05, 4.69) is 23.3 Å². The second-order valence-corrected chi connectivity index (χ2v) is 8.27. The number of carbonyl (C=O) groups is 5. The van der Waals surface area contributed by atoms with E-state index in [0.29, 0.717) is 12.0 Å². The molecule has 13 heteroatoms. The van der Waals surface area contributed by atoms with Crippen molar-refractivity contribution in [3.05, 3.63) is 29.8 Å². The van der Waals surface area contributed by atoms with Gasteiger partial charge in [0.1, 0.15) is 23.9 Å². The van der Waals surface area contributed by atoms with Crippen LogP contribution in [0.15, 0.2) is 24.3 Å². The molecule has 0 spiro atoms. The van der Waals surface area contributed by atoms with Crippen molar-refractivity contribution in [2.45, 2.75) is 49.9 Å². The molecule has 4 unspecified atom stereocenters. The summed E-state index contributed by atoms with van der Waals surface area (Å²) in [5.41, 5.74) is 6.15. The van der Waals surface area contributed by atoms with E-state index in [0.717, 1.165) is 4.90 Å². The first-order chi connectivity index (χ1) is 16.0. The topological polar surface area (TPSA) is 199 Å². The Morgan fingerprint density at radius 2 is 1.74 bits per heavy atom. The van der Waals surface area contributed by atoms with Crippen molar-refractivity contribution in [2.75, 3.05) is 12.3 Å². The molecular weight excluding hydrogens is 468 g/mol. The van der Waals surface area contributed by atoms with Crippen LogP contribution in [0.25, 0.3) is 0 Å². The van der Waals surface area contributed by atoms with Crippen LogP contribution >= 0.6 is 12.6 Å². The molecule has 0 saturated carbocycles. The standard InChI is InChI=1S/C21H28N4O8S/c22-13(10-34)18(29)23-14(9-17(27)28)20(31)25-7-1-2-16(25)19(30)24-15(21(32)33)8-11-3-5-12(26)6-4-11/h3-6,13-16,26,34H,1-2,7-10,22H2,(H,23,29)(H,24,30)(H,27,28)(H,32,33). The van der Waals surface area contributed by atoms with E-state index in [9.17, 15) is 34.2 Å². The van der Waals surface area contributed by atoms with Crippen molar-refractivity contribution >= 4 is 42.3 Å². The Kier molecular flexibility index (Phi) is 9.69. The maximum absolute atomic E-state index is 13.1. The van der Waals surface area contributed by atoms with Crippen LogP contribution in [0.3, 0.4) is 0 Å². The molecule has 0 aromatic heterocycles. The van der Waals surface area contributed by atoms with Crippen molar-refractivity contribution in [3.8, 4) is 5.75 Å². The monoisotopic (exact) mass is 496 g/mol. The summed E-state index contributed by atoms with van der Waals surface area (Å²) in [5, 5.41) is 32.8. The highest BCUT2D eigenvalue weighted by molar-refractivity contribution is 7.80. The number of aliphatic carboxylic acids is 2. The third-order valence-corrected chi connectivity index (χ3v) is 5.75. The third kappa shape index (κ3) is 7.35. The van der Waals surface area contributed by atoms with Gasteiger partial charge in [0.25, 0.3) is 0 Å². The molecule has 4 atom stereocenters. The number of amides is 3. The van der Waals surface area contributed by atoms with Crippen molar-refractivity contribution in [1.82, 2.24) is 15.5 Å². The van der Waals surface area contributed by atoms with Gasteiger partial charge in [0, 0.05) is 18.7 Å². The number of phenolic OH excluding ortho intramolecular Hbond substituents is 1. The van der Waals surface area contributed by atoms with E-state index in [4.69, 9.17) is 10.8 Å². The summed E-state index contributed by atoms with van der Waals surface area (Å²) >= 11 is 3.91. The fraction of sp³-hybridized carbons (Fsp3) is 0.476. The van der Waals surface area contributed by atoms with Crippen LogP contribution in [-0.4, -0.2) is 86.3 Å². The molecule has 1 fully saturated rings. The summed E-state index contributed by atoms with van der Waals surface area (Å²) in [6, 6.07) is 1.01. The van der Waals surface area contributed by atoms with E-state index in [1.165, 1.54) is 24.3 Å². The lowest BCUT2D eigenvalue weighted by atomic mass is 10.0. The zero-order chi connectivity index (χ0) is 25.4. The molecule has 0 radical (unpaired) electrons. The van der Waals surface area contributed by atoms with Gasteiger partial charge >= 0.3 is 11.9 Å². The second-order valence-electron chi connectivity index (χ2n) is 7.91. The number of hydrogen-bond donors (Lipinski definition) is 7. The highest BCUT2D eigenvalue weighted by Crippen LogP contribution is 2.20. The highest BCUT2D eigenvalue weighted by atomic mass is 32.1. The maximum Gasteiger partial charge on any atom is 0.326 e. The minimum atomic E-state index is -1.45. The largest absolute Gasteiger partial charge is 0.508 e. The first-order valence-corrected chi connectivity index (χ1v) is 11.2. The molecule has 186 valence electrons. The van der Waals surface area contributed by atoms with E-state index in [-0.39, 0.29) is 30.9 Å². The zero-order valence-electron chi connectivity index (χ0n) is 18.2. The number of nitrogens with zero attached hydrogens (tertiary/aromatic N) is 1. The van der Waals surface area contributed by atoms with Crippen LogP contribution in [0.4, 0.5) is 0 Å². The predicted molar refractivity (Wildman–Crippen MR) is 122 cm³/mol. The second kappa shape index (κ2) is 12.2. The van der Waals surface area contributed by atoms with Gasteiger partial charge in [0.15, 0.2) is 0 Å². The molecule has 0 bridgehead atoms. The van der Waals surface area contributed by atoms with Gasteiger partial charge in [-0.2, -0.15) is 12.6 Å². The third-order valence-electron chi connectivity index (χ3n) is 5.36. The van der Waals surface area contributed by atoms with Crippen LogP contribution in [0.2, 0.25) is 0 Å². The van der Waals surface area contributed by atoms with Crippen LogP contribution in [0, 0.1) is 0 Å². The first-order valence-electron chi connectivity index (χ1n) is 10.5. The molecule has 12 nitrogen and oxygen atoms in total. The average molecular weight is 497 g/mol. The Hall–Kier alpha value is -3.32. The summed E-state index contributed by atoms with van der Waals surface area (Å²) in [6.07, 6.45) is -0.0922. The average Bonchev–Trinajstić information content (AvgIpc) is 3.28. The zero-order valence-corrected chi connectivity index (χ0v) is 19.1. The van der Waals surface area contributed by atoms with Crippen molar-refractivity contribution < 1.29 is 39.3 Å². The molecule has 1 aromatic rings. The summed E-state index contributed by atoms with van der Waals surface area (Å²) in [5.74, 6) is -4.86. The molecule has 2 rings (SSSR count). The number of likely N-dealkylation sites (tertiary alicyclic amines) is 1. The lowest BCUT2D eigenvalue weighted by molar-refractivity contribution is -0.147.